The van der Waals surface area contributed by atoms with Gasteiger partial charge in [0.05, 0.1) is 22.7 Å². The normalized spacial score (nSPS) is 14.8. The summed E-state index contributed by atoms with van der Waals surface area (Å²) >= 11 is 1.52. The van der Waals surface area contributed by atoms with Gasteiger partial charge in [-0.25, -0.2) is 8.42 Å². The Hall–Kier alpha value is -2.36. The fraction of sp³-hybridized carbons (Fsp3) is 0.391. The molecule has 1 saturated carbocycles. The van der Waals surface area contributed by atoms with Crippen molar-refractivity contribution in [2.75, 3.05) is 25.2 Å². The van der Waals surface area contributed by atoms with E-state index in [0.29, 0.717) is 11.3 Å². The summed E-state index contributed by atoms with van der Waals surface area (Å²) in [5.74, 6) is -0.752. The molecule has 1 fully saturated rings. The van der Waals surface area contributed by atoms with Gasteiger partial charge in [-0.15, -0.1) is 11.8 Å². The summed E-state index contributed by atoms with van der Waals surface area (Å²) in [4.78, 5) is 26.5. The predicted octanol–water partition coefficient (Wildman–Crippen LogP) is 3.73. The highest BCUT2D eigenvalue weighted by Crippen LogP contribution is 2.22. The van der Waals surface area contributed by atoms with E-state index >= 15 is 0 Å². The molecule has 0 radical (unpaired) electrons. The second kappa shape index (κ2) is 11.0. The van der Waals surface area contributed by atoms with Gasteiger partial charge in [0.25, 0.3) is 5.91 Å². The molecule has 0 bridgehead atoms. The van der Waals surface area contributed by atoms with E-state index in [1.165, 1.54) is 37.4 Å². The van der Waals surface area contributed by atoms with Gasteiger partial charge in [0.1, 0.15) is 0 Å². The van der Waals surface area contributed by atoms with Gasteiger partial charge in [-0.3, -0.25) is 9.59 Å². The van der Waals surface area contributed by atoms with Crippen molar-refractivity contribution in [2.24, 2.45) is 0 Å². The van der Waals surface area contributed by atoms with Gasteiger partial charge in [-0.05, 0) is 55.5 Å². The number of thioether (sulfide) groups is 1. The minimum Gasteiger partial charge on any atom is -0.349 e. The largest absolute Gasteiger partial charge is 0.349 e. The number of anilines is 1. The van der Waals surface area contributed by atoms with Gasteiger partial charge >= 0.3 is 0 Å². The topological polar surface area (TPSA) is 95.6 Å². The molecular formula is C23H29N3O4S2. The molecule has 7 nitrogen and oxygen atoms in total. The van der Waals surface area contributed by atoms with Crippen LogP contribution in [-0.2, 0) is 14.8 Å². The van der Waals surface area contributed by atoms with Crippen LogP contribution in [0.4, 0.5) is 5.69 Å². The number of likely N-dealkylation sites (N-methyl/N-ethyl adjacent to an activating group) is 1. The second-order valence-electron chi connectivity index (χ2n) is 7.84. The van der Waals surface area contributed by atoms with Gasteiger partial charge in [0.2, 0.25) is 15.9 Å². The van der Waals surface area contributed by atoms with Gasteiger partial charge in [0.15, 0.2) is 0 Å². The van der Waals surface area contributed by atoms with Gasteiger partial charge < -0.3 is 10.6 Å². The van der Waals surface area contributed by atoms with Crippen molar-refractivity contribution in [1.82, 2.24) is 9.62 Å². The van der Waals surface area contributed by atoms with Crippen LogP contribution in [0.1, 0.15) is 42.5 Å². The minimum absolute atomic E-state index is 0.123. The van der Waals surface area contributed by atoms with Crippen LogP contribution in [0.3, 0.4) is 0 Å². The first-order chi connectivity index (χ1) is 15.3. The van der Waals surface area contributed by atoms with Crippen LogP contribution in [0.2, 0.25) is 0 Å². The van der Waals surface area contributed by atoms with E-state index in [1.54, 1.807) is 36.4 Å². The first kappa shape index (κ1) is 24.3. The van der Waals surface area contributed by atoms with Crippen LogP contribution in [0.25, 0.3) is 0 Å². The Labute approximate surface area is 194 Å². The molecule has 0 unspecified atom stereocenters. The number of amides is 2. The molecule has 0 heterocycles. The summed E-state index contributed by atoms with van der Waals surface area (Å²) in [6.45, 7) is -0.370. The summed E-state index contributed by atoms with van der Waals surface area (Å²) < 4.78 is 26.6. The first-order valence-corrected chi connectivity index (χ1v) is 13.3. The van der Waals surface area contributed by atoms with Crippen LogP contribution in [-0.4, -0.2) is 50.4 Å². The Kier molecular flexibility index (Phi) is 8.33. The van der Waals surface area contributed by atoms with Crippen molar-refractivity contribution in [3.8, 4) is 0 Å². The van der Waals surface area contributed by atoms with Crippen molar-refractivity contribution >= 4 is 39.3 Å². The van der Waals surface area contributed by atoms with Gasteiger partial charge in [-0.2, -0.15) is 4.31 Å². The molecule has 9 heteroatoms. The molecule has 2 N–H and O–H groups in total. The maximum absolute atomic E-state index is 12.8. The van der Waals surface area contributed by atoms with Gasteiger partial charge in [0, 0.05) is 18.0 Å². The SMILES string of the molecule is CSc1ccc(S(=O)(=O)N(C)CC(=O)Nc2ccccc2C(=O)NC2CCCCC2)cc1. The van der Waals surface area contributed by atoms with E-state index in [9.17, 15) is 18.0 Å². The Morgan fingerprint density at radius 3 is 2.34 bits per heavy atom. The lowest BCUT2D eigenvalue weighted by Crippen LogP contribution is -2.37. The number of hydrogen-bond acceptors (Lipinski definition) is 5. The lowest BCUT2D eigenvalue weighted by atomic mass is 9.95. The van der Waals surface area contributed by atoms with E-state index in [1.807, 2.05) is 6.26 Å². The molecule has 0 atom stereocenters. The number of carbonyl (C=O) groups excluding carboxylic acids is 2. The lowest BCUT2D eigenvalue weighted by Gasteiger charge is -2.23. The zero-order valence-electron chi connectivity index (χ0n) is 18.3. The summed E-state index contributed by atoms with van der Waals surface area (Å²) in [5, 5.41) is 5.74. The summed E-state index contributed by atoms with van der Waals surface area (Å²) in [5.41, 5.74) is 0.727. The number of sulfonamides is 1. The number of nitrogens with one attached hydrogen (secondary N) is 2. The molecule has 0 aliphatic heterocycles. The summed E-state index contributed by atoms with van der Waals surface area (Å²) in [6, 6.07) is 13.4. The monoisotopic (exact) mass is 475 g/mol. The number of para-hydroxylation sites is 1. The molecule has 32 heavy (non-hydrogen) atoms. The standard InChI is InChI=1S/C23H29N3O4S2/c1-26(32(29,30)19-14-12-18(31-2)13-15-19)16-22(27)25-21-11-7-6-10-20(21)23(28)24-17-8-4-3-5-9-17/h6-7,10-15,17H,3-5,8-9,16H2,1-2H3,(H,24,28)(H,25,27). The van der Waals surface area contributed by atoms with Crippen molar-refractivity contribution in [2.45, 2.75) is 47.9 Å². The zero-order valence-corrected chi connectivity index (χ0v) is 20.0. The number of rotatable bonds is 8. The van der Waals surface area contributed by atoms with Crippen molar-refractivity contribution in [3.05, 3.63) is 54.1 Å². The van der Waals surface area contributed by atoms with E-state index in [-0.39, 0.29) is 23.4 Å². The third-order valence-corrected chi connectivity index (χ3v) is 8.08. The Morgan fingerprint density at radius 2 is 1.69 bits per heavy atom. The number of carbonyl (C=O) groups is 2. The van der Waals surface area contributed by atoms with Crippen LogP contribution >= 0.6 is 11.8 Å². The lowest BCUT2D eigenvalue weighted by molar-refractivity contribution is -0.116. The average molecular weight is 476 g/mol. The number of nitrogens with zero attached hydrogens (tertiary/aromatic N) is 1. The molecule has 2 aromatic carbocycles. The molecule has 0 aromatic heterocycles. The molecule has 2 amide bonds. The van der Waals surface area contributed by atoms with Crippen molar-refractivity contribution in [3.63, 3.8) is 0 Å². The average Bonchev–Trinajstić information content (AvgIpc) is 2.80. The molecule has 172 valence electrons. The molecule has 1 aliphatic carbocycles. The third kappa shape index (κ3) is 6.11. The minimum atomic E-state index is -3.81. The van der Waals surface area contributed by atoms with Gasteiger partial charge in [-0.1, -0.05) is 31.4 Å². The first-order valence-electron chi connectivity index (χ1n) is 10.6. The Morgan fingerprint density at radius 1 is 1.03 bits per heavy atom. The molecule has 0 saturated heterocycles. The van der Waals surface area contributed by atoms with E-state index < -0.39 is 15.9 Å². The molecule has 2 aromatic rings. The molecule has 0 spiro atoms. The third-order valence-electron chi connectivity index (χ3n) is 5.52. The predicted molar refractivity (Wildman–Crippen MR) is 127 cm³/mol. The van der Waals surface area contributed by atoms with E-state index in [4.69, 9.17) is 0 Å². The highest BCUT2D eigenvalue weighted by Gasteiger charge is 2.24. The van der Waals surface area contributed by atoms with Crippen molar-refractivity contribution in [1.29, 1.82) is 0 Å². The van der Waals surface area contributed by atoms with Crippen LogP contribution in [0.5, 0.6) is 0 Å². The smallest absolute Gasteiger partial charge is 0.253 e. The van der Waals surface area contributed by atoms with E-state index in [0.717, 1.165) is 34.9 Å². The molecule has 3 rings (SSSR count). The fourth-order valence-electron chi connectivity index (χ4n) is 3.70. The number of hydrogen-bond donors (Lipinski definition) is 2. The fourth-order valence-corrected chi connectivity index (χ4v) is 5.24. The molecular weight excluding hydrogens is 446 g/mol. The summed E-state index contributed by atoms with van der Waals surface area (Å²) in [7, 11) is -2.45. The molecule has 1 aliphatic rings. The number of benzene rings is 2. The Balaban J connectivity index is 1.65. The quantitative estimate of drug-likeness (QED) is 0.567. The summed E-state index contributed by atoms with van der Waals surface area (Å²) in [6.07, 6.45) is 7.22. The van der Waals surface area contributed by atoms with Crippen LogP contribution in [0.15, 0.2) is 58.3 Å². The maximum atomic E-state index is 12.8. The Bertz CT molecular complexity index is 1050. The highest BCUT2D eigenvalue weighted by molar-refractivity contribution is 7.98. The second-order valence-corrected chi connectivity index (χ2v) is 10.8. The van der Waals surface area contributed by atoms with E-state index in [2.05, 4.69) is 10.6 Å². The van der Waals surface area contributed by atoms with Crippen molar-refractivity contribution < 1.29 is 18.0 Å². The zero-order chi connectivity index (χ0) is 23.1. The maximum Gasteiger partial charge on any atom is 0.253 e. The highest BCUT2D eigenvalue weighted by atomic mass is 32.2. The van der Waals surface area contributed by atoms with Crippen LogP contribution < -0.4 is 10.6 Å². The van der Waals surface area contributed by atoms with Crippen LogP contribution in [0, 0.1) is 0 Å².